The van der Waals surface area contributed by atoms with Crippen LogP contribution in [0.3, 0.4) is 0 Å². The summed E-state index contributed by atoms with van der Waals surface area (Å²) in [6.07, 6.45) is -0.941. The number of hydrogen-bond donors (Lipinski definition) is 0. The van der Waals surface area contributed by atoms with Gasteiger partial charge in [-0.25, -0.2) is 4.39 Å². The molecule has 0 atom stereocenters. The molecule has 39 heavy (non-hydrogen) atoms. The van der Waals surface area contributed by atoms with Crippen molar-refractivity contribution >= 4 is 51.5 Å². The number of carbonyl (C=O) groups is 2. The van der Waals surface area contributed by atoms with E-state index in [1.807, 2.05) is 6.92 Å². The van der Waals surface area contributed by atoms with Gasteiger partial charge in [0.1, 0.15) is 5.67 Å². The number of nitrogens with zero attached hydrogens (tertiary/aromatic N) is 4. The molecule has 2 aliphatic rings. The molecule has 1 aromatic heterocycles. The van der Waals surface area contributed by atoms with Crippen LogP contribution in [0.25, 0.3) is 17.0 Å². The standard InChI is InChI=1S/C27H25ClF4N4O2S/c1-2-34-9-7-26(29,8-10-34)16-35-24(37)23(39-25(35)38)12-17-3-6-22-19(11-17)14-33-36(22)15-18-4-5-20(28)13-21(18)27(30,31)32/h3-6,11-14H,2,7-10,15-16H2,1H3/b23-12-. The van der Waals surface area contributed by atoms with E-state index in [0.29, 0.717) is 29.6 Å². The Morgan fingerprint density at radius 2 is 1.87 bits per heavy atom. The van der Waals surface area contributed by atoms with E-state index < -0.39 is 28.6 Å². The second-order valence-corrected chi connectivity index (χ2v) is 11.2. The number of rotatable bonds is 6. The summed E-state index contributed by atoms with van der Waals surface area (Å²) in [7, 11) is 0. The normalized spacial score (nSPS) is 19.5. The van der Waals surface area contributed by atoms with Crippen LogP contribution >= 0.6 is 23.4 Å². The fraction of sp³-hybridized carbons (Fsp3) is 0.370. The summed E-state index contributed by atoms with van der Waals surface area (Å²) in [4.78, 5) is 28.9. The number of hydrogen-bond acceptors (Lipinski definition) is 5. The second kappa shape index (κ2) is 10.6. The van der Waals surface area contributed by atoms with Crippen LogP contribution < -0.4 is 0 Å². The Morgan fingerprint density at radius 3 is 2.56 bits per heavy atom. The van der Waals surface area contributed by atoms with E-state index in [9.17, 15) is 22.8 Å². The van der Waals surface area contributed by atoms with Crippen molar-refractivity contribution < 1.29 is 27.2 Å². The number of aromatic nitrogens is 2. The molecule has 3 aromatic rings. The number of benzene rings is 2. The van der Waals surface area contributed by atoms with Crippen molar-refractivity contribution in [1.29, 1.82) is 0 Å². The van der Waals surface area contributed by atoms with Crippen molar-refractivity contribution in [3.8, 4) is 0 Å². The molecule has 0 N–H and O–H groups in total. The van der Waals surface area contributed by atoms with Gasteiger partial charge in [0.15, 0.2) is 0 Å². The van der Waals surface area contributed by atoms with E-state index >= 15 is 4.39 Å². The summed E-state index contributed by atoms with van der Waals surface area (Å²) in [5.41, 5.74) is -1.18. The average molecular weight is 581 g/mol. The van der Waals surface area contributed by atoms with E-state index in [1.54, 1.807) is 24.3 Å². The van der Waals surface area contributed by atoms with Gasteiger partial charge in [-0.1, -0.05) is 30.7 Å². The summed E-state index contributed by atoms with van der Waals surface area (Å²) in [6.45, 7) is 3.64. The Hall–Kier alpha value is -2.89. The molecule has 2 aliphatic heterocycles. The van der Waals surface area contributed by atoms with Crippen LogP contribution in [0.5, 0.6) is 0 Å². The van der Waals surface area contributed by atoms with Gasteiger partial charge >= 0.3 is 6.18 Å². The SMILES string of the molecule is CCN1CCC(F)(CN2C(=O)S/C(=C\c3ccc4c(cnn4Cc4ccc(Cl)cc4C(F)(F)F)c3)C2=O)CC1. The first kappa shape index (κ1) is 27.7. The topological polar surface area (TPSA) is 58.4 Å². The number of amides is 2. The van der Waals surface area contributed by atoms with Gasteiger partial charge in [0.25, 0.3) is 11.1 Å². The highest BCUT2D eigenvalue weighted by Gasteiger charge is 2.43. The molecule has 12 heteroatoms. The van der Waals surface area contributed by atoms with Crippen LogP contribution in [0.1, 0.15) is 36.5 Å². The molecular formula is C27H25ClF4N4O2S. The van der Waals surface area contributed by atoms with Gasteiger partial charge in [0, 0.05) is 23.5 Å². The first-order valence-electron chi connectivity index (χ1n) is 12.4. The maximum atomic E-state index is 15.4. The van der Waals surface area contributed by atoms with Crippen LogP contribution in [-0.2, 0) is 17.5 Å². The zero-order chi connectivity index (χ0) is 27.9. The van der Waals surface area contributed by atoms with E-state index in [1.165, 1.54) is 23.0 Å². The molecule has 2 amide bonds. The van der Waals surface area contributed by atoms with Crippen LogP contribution in [0, 0.1) is 0 Å². The maximum absolute atomic E-state index is 15.4. The quantitative estimate of drug-likeness (QED) is 0.242. The highest BCUT2D eigenvalue weighted by atomic mass is 35.5. The third-order valence-corrected chi connectivity index (χ3v) is 8.32. The summed E-state index contributed by atoms with van der Waals surface area (Å²) >= 11 is 6.55. The maximum Gasteiger partial charge on any atom is 0.416 e. The Labute approximate surface area is 231 Å². The molecule has 0 aliphatic carbocycles. The molecule has 6 nitrogen and oxygen atoms in total. The molecule has 2 fully saturated rings. The Bertz CT molecular complexity index is 1460. The zero-order valence-electron chi connectivity index (χ0n) is 21.0. The number of carbonyl (C=O) groups excluding carboxylic acids is 2. The summed E-state index contributed by atoms with van der Waals surface area (Å²) in [5, 5.41) is 4.39. The molecular weight excluding hydrogens is 556 g/mol. The largest absolute Gasteiger partial charge is 0.416 e. The smallest absolute Gasteiger partial charge is 0.303 e. The highest BCUT2D eigenvalue weighted by molar-refractivity contribution is 8.18. The lowest BCUT2D eigenvalue weighted by Crippen LogP contribution is -2.49. The first-order valence-corrected chi connectivity index (χ1v) is 13.6. The van der Waals surface area contributed by atoms with Crippen LogP contribution in [0.2, 0.25) is 5.02 Å². The number of imide groups is 1. The average Bonchev–Trinajstić information content (AvgIpc) is 3.40. The minimum absolute atomic E-state index is 0.00554. The van der Waals surface area contributed by atoms with Crippen molar-refractivity contribution in [2.24, 2.45) is 0 Å². The summed E-state index contributed by atoms with van der Waals surface area (Å²) < 4.78 is 57.4. The molecule has 0 unspecified atom stereocenters. The van der Waals surface area contributed by atoms with Crippen molar-refractivity contribution in [1.82, 2.24) is 19.6 Å². The fourth-order valence-electron chi connectivity index (χ4n) is 4.93. The number of fused-ring (bicyclic) bond motifs is 1. The van der Waals surface area contributed by atoms with Gasteiger partial charge in [-0.2, -0.15) is 18.3 Å². The van der Waals surface area contributed by atoms with Crippen molar-refractivity contribution in [3.63, 3.8) is 0 Å². The minimum atomic E-state index is -4.56. The number of piperidine rings is 1. The molecule has 0 bridgehead atoms. The van der Waals surface area contributed by atoms with Gasteiger partial charge in [0.05, 0.1) is 35.3 Å². The van der Waals surface area contributed by atoms with Crippen LogP contribution in [0.15, 0.2) is 47.5 Å². The van der Waals surface area contributed by atoms with Crippen molar-refractivity contribution in [2.45, 2.75) is 38.2 Å². The molecule has 3 heterocycles. The number of alkyl halides is 4. The highest BCUT2D eigenvalue weighted by Crippen LogP contribution is 2.37. The molecule has 2 saturated heterocycles. The van der Waals surface area contributed by atoms with E-state index in [4.69, 9.17) is 11.6 Å². The molecule has 0 saturated carbocycles. The van der Waals surface area contributed by atoms with Gasteiger partial charge in [-0.15, -0.1) is 0 Å². The lowest BCUT2D eigenvalue weighted by molar-refractivity contribution is -0.138. The predicted molar refractivity (Wildman–Crippen MR) is 143 cm³/mol. The lowest BCUT2D eigenvalue weighted by atomic mass is 9.92. The Kier molecular flexibility index (Phi) is 7.51. The Balaban J connectivity index is 1.33. The molecule has 2 aromatic carbocycles. The molecule has 0 spiro atoms. The predicted octanol–water partition coefficient (Wildman–Crippen LogP) is 6.62. The van der Waals surface area contributed by atoms with Gasteiger partial charge in [0.2, 0.25) is 0 Å². The van der Waals surface area contributed by atoms with E-state index in [2.05, 4.69) is 10.00 Å². The van der Waals surface area contributed by atoms with E-state index in [0.717, 1.165) is 29.3 Å². The molecule has 5 rings (SSSR count). The van der Waals surface area contributed by atoms with Crippen molar-refractivity contribution in [2.75, 3.05) is 26.2 Å². The third-order valence-electron chi connectivity index (χ3n) is 7.18. The fourth-order valence-corrected chi connectivity index (χ4v) is 5.94. The number of likely N-dealkylation sites (tertiary alicyclic amines) is 1. The van der Waals surface area contributed by atoms with Crippen LogP contribution in [0.4, 0.5) is 22.4 Å². The van der Waals surface area contributed by atoms with Gasteiger partial charge in [-0.05, 0) is 72.6 Å². The molecule has 0 radical (unpaired) electrons. The number of thioether (sulfide) groups is 1. The second-order valence-electron chi connectivity index (χ2n) is 9.77. The lowest BCUT2D eigenvalue weighted by Gasteiger charge is -2.37. The van der Waals surface area contributed by atoms with E-state index in [-0.39, 0.29) is 41.4 Å². The summed E-state index contributed by atoms with van der Waals surface area (Å²) in [6, 6.07) is 8.75. The first-order chi connectivity index (χ1) is 18.5. The van der Waals surface area contributed by atoms with Gasteiger partial charge in [-0.3, -0.25) is 19.2 Å². The van der Waals surface area contributed by atoms with Gasteiger partial charge < -0.3 is 4.90 Å². The third kappa shape index (κ3) is 5.85. The number of halogens is 5. The summed E-state index contributed by atoms with van der Waals surface area (Å²) in [5.74, 6) is -0.529. The van der Waals surface area contributed by atoms with Crippen molar-refractivity contribution in [3.05, 3.63) is 69.2 Å². The van der Waals surface area contributed by atoms with Crippen LogP contribution in [-0.4, -0.2) is 62.6 Å². The molecule has 206 valence electrons. The Morgan fingerprint density at radius 1 is 1.13 bits per heavy atom. The minimum Gasteiger partial charge on any atom is -0.303 e. The zero-order valence-corrected chi connectivity index (χ0v) is 22.5. The monoisotopic (exact) mass is 580 g/mol.